The van der Waals surface area contributed by atoms with Gasteiger partial charge in [0.1, 0.15) is 11.5 Å². The van der Waals surface area contributed by atoms with Crippen LogP contribution in [-0.4, -0.2) is 39.1 Å². The molecule has 0 amide bonds. The van der Waals surface area contributed by atoms with E-state index in [4.69, 9.17) is 4.74 Å². The second-order valence-electron chi connectivity index (χ2n) is 14.0. The highest BCUT2D eigenvalue weighted by atomic mass is 16.5. The van der Waals surface area contributed by atoms with Crippen LogP contribution in [0.5, 0.6) is 0 Å². The molecule has 0 saturated carbocycles. The van der Waals surface area contributed by atoms with Crippen molar-refractivity contribution >= 4 is 11.6 Å². The molecule has 2 rings (SSSR count). The van der Waals surface area contributed by atoms with Crippen LogP contribution < -0.4 is 0 Å². The van der Waals surface area contributed by atoms with Crippen LogP contribution in [0.3, 0.4) is 0 Å². The van der Waals surface area contributed by atoms with Crippen molar-refractivity contribution in [2.75, 3.05) is 0 Å². The van der Waals surface area contributed by atoms with E-state index in [2.05, 4.69) is 39.0 Å². The van der Waals surface area contributed by atoms with E-state index in [1.807, 2.05) is 27.7 Å². The van der Waals surface area contributed by atoms with Crippen LogP contribution in [0.1, 0.15) is 121 Å². The van der Waals surface area contributed by atoms with E-state index in [-0.39, 0.29) is 17.5 Å². The van der Waals surface area contributed by atoms with Crippen molar-refractivity contribution < 1.29 is 24.5 Å². The Morgan fingerprint density at radius 1 is 1.03 bits per heavy atom. The van der Waals surface area contributed by atoms with Gasteiger partial charge in [-0.2, -0.15) is 0 Å². The van der Waals surface area contributed by atoms with E-state index in [1.54, 1.807) is 27.7 Å². The first-order chi connectivity index (χ1) is 17.8. The largest absolute Gasteiger partial charge is 0.483 e. The number of rotatable bonds is 12. The summed E-state index contributed by atoms with van der Waals surface area (Å²) in [5.74, 6) is 0.583. The average Bonchev–Trinajstić information content (AvgIpc) is 3.05. The van der Waals surface area contributed by atoms with Crippen LogP contribution in [0.25, 0.3) is 0 Å². The third-order valence-electron chi connectivity index (χ3n) is 8.74. The van der Waals surface area contributed by atoms with Gasteiger partial charge in [0.2, 0.25) is 5.78 Å². The number of carbonyl (C=O) groups excluding carboxylic acids is 2. The Hall–Kier alpha value is -1.98. The zero-order chi connectivity index (χ0) is 30.0. The molecule has 0 radical (unpaired) electrons. The van der Waals surface area contributed by atoms with Crippen LogP contribution >= 0.6 is 0 Å². The first-order valence-electron chi connectivity index (χ1n) is 14.6. The molecular formula is C34H54O5. The van der Waals surface area contributed by atoms with E-state index >= 15 is 0 Å². The summed E-state index contributed by atoms with van der Waals surface area (Å²) in [5.41, 5.74) is 0.258. The van der Waals surface area contributed by atoms with Crippen molar-refractivity contribution in [3.63, 3.8) is 0 Å². The number of hydrogen-bond acceptors (Lipinski definition) is 5. The van der Waals surface area contributed by atoms with Gasteiger partial charge in [0.25, 0.3) is 0 Å². The Morgan fingerprint density at radius 3 is 2.10 bits per heavy atom. The fourth-order valence-corrected chi connectivity index (χ4v) is 6.04. The zero-order valence-electron chi connectivity index (χ0n) is 26.5. The summed E-state index contributed by atoms with van der Waals surface area (Å²) >= 11 is 0. The number of aliphatic hydroxyl groups is 2. The van der Waals surface area contributed by atoms with Crippen LogP contribution in [0, 0.1) is 16.7 Å². The van der Waals surface area contributed by atoms with E-state index in [0.29, 0.717) is 49.9 Å². The summed E-state index contributed by atoms with van der Waals surface area (Å²) in [4.78, 5) is 28.4. The number of ether oxygens (including phenoxy) is 1. The van der Waals surface area contributed by atoms with Gasteiger partial charge in [-0.15, -0.1) is 0 Å². The molecule has 5 heteroatoms. The van der Waals surface area contributed by atoms with Crippen molar-refractivity contribution in [2.45, 2.75) is 138 Å². The number of ketones is 2. The summed E-state index contributed by atoms with van der Waals surface area (Å²) in [6, 6.07) is 0. The first-order valence-corrected chi connectivity index (χ1v) is 14.6. The van der Waals surface area contributed by atoms with E-state index < -0.39 is 28.1 Å². The Kier molecular flexibility index (Phi) is 10.4. The van der Waals surface area contributed by atoms with E-state index in [1.165, 1.54) is 11.1 Å². The maximum absolute atomic E-state index is 14.3. The molecule has 0 bridgehead atoms. The first kappa shape index (κ1) is 33.2. The van der Waals surface area contributed by atoms with Crippen molar-refractivity contribution in [1.82, 2.24) is 0 Å². The molecule has 0 fully saturated rings. The normalized spacial score (nSPS) is 26.9. The molecule has 2 N–H and O–H groups in total. The van der Waals surface area contributed by atoms with Crippen LogP contribution in [0.15, 0.2) is 46.3 Å². The summed E-state index contributed by atoms with van der Waals surface area (Å²) < 4.78 is 6.54. The third kappa shape index (κ3) is 7.41. The van der Waals surface area contributed by atoms with Gasteiger partial charge < -0.3 is 14.9 Å². The lowest BCUT2D eigenvalue weighted by atomic mass is 9.53. The molecule has 1 heterocycles. The second kappa shape index (κ2) is 12.3. The molecule has 4 atom stereocenters. The lowest BCUT2D eigenvalue weighted by molar-refractivity contribution is -0.134. The molecule has 1 aliphatic carbocycles. The predicted octanol–water partition coefficient (Wildman–Crippen LogP) is 7.57. The second-order valence-corrected chi connectivity index (χ2v) is 14.0. The molecule has 0 aromatic rings. The van der Waals surface area contributed by atoms with Crippen molar-refractivity contribution in [3.05, 3.63) is 46.3 Å². The quantitative estimate of drug-likeness (QED) is 0.248. The van der Waals surface area contributed by atoms with E-state index in [0.717, 1.165) is 12.0 Å². The minimum atomic E-state index is -1.25. The Morgan fingerprint density at radius 2 is 1.59 bits per heavy atom. The molecule has 0 saturated heterocycles. The highest BCUT2D eigenvalue weighted by Gasteiger charge is 2.62. The van der Waals surface area contributed by atoms with Crippen LogP contribution in [0.2, 0.25) is 0 Å². The highest BCUT2D eigenvalue weighted by Crippen LogP contribution is 2.62. The highest BCUT2D eigenvalue weighted by molar-refractivity contribution is 6.07. The maximum Gasteiger partial charge on any atom is 0.205 e. The summed E-state index contributed by atoms with van der Waals surface area (Å²) in [6.45, 7) is 21.2. The Labute approximate surface area is 237 Å². The predicted molar refractivity (Wildman–Crippen MR) is 159 cm³/mol. The van der Waals surface area contributed by atoms with Gasteiger partial charge in [0.05, 0.1) is 17.1 Å². The van der Waals surface area contributed by atoms with Gasteiger partial charge in [-0.3, -0.25) is 9.59 Å². The minimum absolute atomic E-state index is 0.0143. The molecule has 0 spiro atoms. The fourth-order valence-electron chi connectivity index (χ4n) is 6.04. The van der Waals surface area contributed by atoms with Gasteiger partial charge in [-0.05, 0) is 114 Å². The summed E-state index contributed by atoms with van der Waals surface area (Å²) in [6.07, 6.45) is 9.16. The van der Waals surface area contributed by atoms with Gasteiger partial charge >= 0.3 is 0 Å². The van der Waals surface area contributed by atoms with Gasteiger partial charge in [0, 0.05) is 17.4 Å². The summed E-state index contributed by atoms with van der Waals surface area (Å²) in [7, 11) is 0. The lowest BCUT2D eigenvalue weighted by Crippen LogP contribution is -2.47. The Balaban J connectivity index is 2.81. The van der Waals surface area contributed by atoms with Gasteiger partial charge in [0.15, 0.2) is 5.60 Å². The lowest BCUT2D eigenvalue weighted by Gasteiger charge is -2.49. The molecule has 0 aromatic carbocycles. The molecular weight excluding hydrogens is 488 g/mol. The molecule has 0 aromatic heterocycles. The average molecular weight is 543 g/mol. The standard InChI is InChI=1S/C34H54O5/c1-22(2)13-12-14-27(36)34(20-17-24(5)6)21-25(16-15-23(3)4)33(11,19-18-26(35)31(7,8)38)28-29(37)32(9,10)39-30(28)34/h13,15,17,25-26,35,38H,12,14,16,18-21H2,1-11H3/t25-,26-,33-,34+/m1/s1. The maximum atomic E-state index is 14.3. The van der Waals surface area contributed by atoms with Crippen molar-refractivity contribution in [3.8, 4) is 0 Å². The molecule has 2 aliphatic rings. The Bertz CT molecular complexity index is 1050. The monoisotopic (exact) mass is 542 g/mol. The summed E-state index contributed by atoms with van der Waals surface area (Å²) in [5, 5.41) is 21.2. The number of carbonyl (C=O) groups is 2. The smallest absolute Gasteiger partial charge is 0.205 e. The number of allylic oxidation sites excluding steroid dienone is 7. The van der Waals surface area contributed by atoms with Crippen LogP contribution in [-0.2, 0) is 14.3 Å². The number of Topliss-reactive ketones (excluding diaryl/α,β-unsaturated/α-hetero) is 2. The van der Waals surface area contributed by atoms with Crippen LogP contribution in [0.4, 0.5) is 0 Å². The molecule has 220 valence electrons. The van der Waals surface area contributed by atoms with Crippen molar-refractivity contribution in [2.24, 2.45) is 16.7 Å². The van der Waals surface area contributed by atoms with Gasteiger partial charge in [-0.25, -0.2) is 0 Å². The topological polar surface area (TPSA) is 83.8 Å². The third-order valence-corrected chi connectivity index (χ3v) is 8.74. The zero-order valence-corrected chi connectivity index (χ0v) is 26.5. The molecule has 0 unspecified atom stereocenters. The SMILES string of the molecule is CC(C)=CCCC(=O)[C@]1(CC=C(C)C)C[C@@H](CC=C(C)C)[C@@](C)(CC[C@@H](O)C(C)(C)O)C2=C1OC(C)(C)C2=O. The molecule has 39 heavy (non-hydrogen) atoms. The molecule has 1 aliphatic heterocycles. The van der Waals surface area contributed by atoms with Gasteiger partial charge in [-0.1, -0.05) is 41.9 Å². The fraction of sp³-hybridized carbons (Fsp3) is 0.706. The van der Waals surface area contributed by atoms with Crippen molar-refractivity contribution in [1.29, 1.82) is 0 Å². The number of aliphatic hydroxyl groups excluding tert-OH is 1. The molecule has 5 nitrogen and oxygen atoms in total. The minimum Gasteiger partial charge on any atom is -0.483 e. The number of hydrogen-bond donors (Lipinski definition) is 2. The van der Waals surface area contributed by atoms with E-state index in [9.17, 15) is 19.8 Å².